The normalized spacial score (nSPS) is 10.3. The van der Waals surface area contributed by atoms with Crippen LogP contribution in [0.1, 0.15) is 16.1 Å². The number of carbonyl (C=O) groups excluding carboxylic acids is 1. The third kappa shape index (κ3) is 4.17. The third-order valence-corrected chi connectivity index (χ3v) is 3.65. The van der Waals surface area contributed by atoms with Crippen molar-refractivity contribution in [3.8, 4) is 17.0 Å². The van der Waals surface area contributed by atoms with E-state index in [0.717, 1.165) is 5.56 Å². The molecule has 2 aromatic carbocycles. The Kier molecular flexibility index (Phi) is 4.99. The molecule has 0 radical (unpaired) electrons. The first-order valence-electron chi connectivity index (χ1n) is 7.65. The van der Waals surface area contributed by atoms with E-state index in [9.17, 15) is 9.18 Å². The predicted octanol–water partition coefficient (Wildman–Crippen LogP) is 3.22. The van der Waals surface area contributed by atoms with Gasteiger partial charge in [-0.15, -0.1) is 0 Å². The Bertz CT molecular complexity index is 865. The molecule has 1 aromatic heterocycles. The van der Waals surface area contributed by atoms with E-state index < -0.39 is 0 Å². The summed E-state index contributed by atoms with van der Waals surface area (Å²) in [7, 11) is 1.57. The molecule has 6 heteroatoms. The van der Waals surface area contributed by atoms with E-state index in [2.05, 4.69) is 15.3 Å². The van der Waals surface area contributed by atoms with Crippen molar-refractivity contribution in [2.45, 2.75) is 6.54 Å². The Morgan fingerprint density at radius 1 is 1.08 bits per heavy atom. The summed E-state index contributed by atoms with van der Waals surface area (Å²) in [4.78, 5) is 20.5. The molecule has 0 unspecified atom stereocenters. The van der Waals surface area contributed by atoms with Crippen LogP contribution in [-0.4, -0.2) is 23.0 Å². The van der Waals surface area contributed by atoms with Crippen molar-refractivity contribution in [1.82, 2.24) is 15.3 Å². The number of ether oxygens (including phenoxy) is 1. The van der Waals surface area contributed by atoms with Crippen molar-refractivity contribution >= 4 is 5.91 Å². The average Bonchev–Trinajstić information content (AvgIpc) is 2.67. The summed E-state index contributed by atoms with van der Waals surface area (Å²) in [6.07, 6.45) is 1.42. The molecule has 0 saturated heterocycles. The molecule has 0 spiro atoms. The Balaban J connectivity index is 1.67. The maximum absolute atomic E-state index is 13.0. The number of carbonyl (C=O) groups is 1. The Hall–Kier alpha value is -3.28. The molecule has 3 aromatic rings. The first-order valence-corrected chi connectivity index (χ1v) is 7.65. The van der Waals surface area contributed by atoms with E-state index in [1.54, 1.807) is 49.6 Å². The molecule has 0 aliphatic carbocycles. The summed E-state index contributed by atoms with van der Waals surface area (Å²) in [5, 5.41) is 2.81. The highest BCUT2D eigenvalue weighted by Gasteiger charge is 2.07. The summed E-state index contributed by atoms with van der Waals surface area (Å²) < 4.78 is 18.1. The number of hydrogen-bond donors (Lipinski definition) is 1. The van der Waals surface area contributed by atoms with Crippen LogP contribution in [0.5, 0.6) is 5.75 Å². The SMILES string of the molecule is COc1ccc(C(=O)NCc2cc(-c3ccc(F)cc3)ncn2)cc1. The fourth-order valence-electron chi connectivity index (χ4n) is 2.29. The Labute approximate surface area is 144 Å². The molecule has 0 atom stereocenters. The van der Waals surface area contributed by atoms with Crippen LogP contribution in [0, 0.1) is 5.82 Å². The first-order chi connectivity index (χ1) is 12.2. The number of halogens is 1. The lowest BCUT2D eigenvalue weighted by Crippen LogP contribution is -2.23. The molecule has 1 N–H and O–H groups in total. The van der Waals surface area contributed by atoms with Gasteiger partial charge in [-0.3, -0.25) is 4.79 Å². The zero-order chi connectivity index (χ0) is 17.6. The molecule has 5 nitrogen and oxygen atoms in total. The van der Waals surface area contributed by atoms with Gasteiger partial charge in [0.15, 0.2) is 0 Å². The van der Waals surface area contributed by atoms with Gasteiger partial charge in [-0.1, -0.05) is 0 Å². The van der Waals surface area contributed by atoms with E-state index in [4.69, 9.17) is 4.74 Å². The maximum atomic E-state index is 13.0. The standard InChI is InChI=1S/C19H16FN3O2/c1-25-17-8-4-14(5-9-17)19(24)21-11-16-10-18(23-12-22-16)13-2-6-15(20)7-3-13/h2-10,12H,11H2,1H3,(H,21,24). The Morgan fingerprint density at radius 3 is 2.48 bits per heavy atom. The lowest BCUT2D eigenvalue weighted by atomic mass is 10.1. The van der Waals surface area contributed by atoms with Gasteiger partial charge in [0.05, 0.1) is 25.0 Å². The molecule has 3 rings (SSSR count). The lowest BCUT2D eigenvalue weighted by Gasteiger charge is -2.07. The number of benzene rings is 2. The number of nitrogens with zero attached hydrogens (tertiary/aromatic N) is 2. The number of nitrogens with one attached hydrogen (secondary N) is 1. The molecule has 25 heavy (non-hydrogen) atoms. The second-order valence-electron chi connectivity index (χ2n) is 5.31. The minimum Gasteiger partial charge on any atom is -0.497 e. The van der Waals surface area contributed by atoms with Gasteiger partial charge in [0.1, 0.15) is 17.9 Å². The van der Waals surface area contributed by atoms with E-state index >= 15 is 0 Å². The van der Waals surface area contributed by atoms with Gasteiger partial charge >= 0.3 is 0 Å². The van der Waals surface area contributed by atoms with Crippen LogP contribution in [0.3, 0.4) is 0 Å². The minimum atomic E-state index is -0.301. The number of methoxy groups -OCH3 is 1. The lowest BCUT2D eigenvalue weighted by molar-refractivity contribution is 0.0950. The molecule has 126 valence electrons. The summed E-state index contributed by atoms with van der Waals surface area (Å²) in [6.45, 7) is 0.265. The van der Waals surface area contributed by atoms with Crippen molar-refractivity contribution in [3.05, 3.63) is 78.0 Å². The second kappa shape index (κ2) is 7.53. The van der Waals surface area contributed by atoms with E-state index in [1.807, 2.05) is 0 Å². The van der Waals surface area contributed by atoms with Crippen LogP contribution >= 0.6 is 0 Å². The molecule has 1 amide bonds. The number of hydrogen-bond acceptors (Lipinski definition) is 4. The van der Waals surface area contributed by atoms with Gasteiger partial charge in [0, 0.05) is 11.1 Å². The summed E-state index contributed by atoms with van der Waals surface area (Å²) in [6, 6.07) is 14.7. The largest absolute Gasteiger partial charge is 0.497 e. The highest BCUT2D eigenvalue weighted by Crippen LogP contribution is 2.17. The molecule has 0 saturated carbocycles. The van der Waals surface area contributed by atoms with Gasteiger partial charge in [-0.05, 0) is 54.6 Å². The molecule has 0 aliphatic heterocycles. The van der Waals surface area contributed by atoms with Crippen LogP contribution < -0.4 is 10.1 Å². The number of amides is 1. The van der Waals surface area contributed by atoms with Crippen molar-refractivity contribution in [1.29, 1.82) is 0 Å². The van der Waals surface area contributed by atoms with Gasteiger partial charge in [-0.25, -0.2) is 14.4 Å². The summed E-state index contributed by atoms with van der Waals surface area (Å²) in [5.41, 5.74) is 2.65. The highest BCUT2D eigenvalue weighted by atomic mass is 19.1. The van der Waals surface area contributed by atoms with Gasteiger partial charge in [0.2, 0.25) is 0 Å². The molecule has 0 bridgehead atoms. The van der Waals surface area contributed by atoms with Crippen LogP contribution in [-0.2, 0) is 6.54 Å². The molecular weight excluding hydrogens is 321 g/mol. The van der Waals surface area contributed by atoms with Crippen LogP contribution in [0.2, 0.25) is 0 Å². The van der Waals surface area contributed by atoms with E-state index in [-0.39, 0.29) is 18.3 Å². The predicted molar refractivity (Wildman–Crippen MR) is 91.6 cm³/mol. The third-order valence-electron chi connectivity index (χ3n) is 3.65. The molecule has 0 aliphatic rings. The molecular formula is C19H16FN3O2. The maximum Gasteiger partial charge on any atom is 0.251 e. The zero-order valence-electron chi connectivity index (χ0n) is 13.6. The quantitative estimate of drug-likeness (QED) is 0.776. The highest BCUT2D eigenvalue weighted by molar-refractivity contribution is 5.94. The molecule has 1 heterocycles. The van der Waals surface area contributed by atoms with Crippen molar-refractivity contribution in [2.75, 3.05) is 7.11 Å². The van der Waals surface area contributed by atoms with Gasteiger partial charge < -0.3 is 10.1 Å². The fourth-order valence-corrected chi connectivity index (χ4v) is 2.29. The monoisotopic (exact) mass is 337 g/mol. The number of rotatable bonds is 5. The second-order valence-corrected chi connectivity index (χ2v) is 5.31. The fraction of sp³-hybridized carbons (Fsp3) is 0.105. The van der Waals surface area contributed by atoms with Crippen LogP contribution in [0.25, 0.3) is 11.3 Å². The van der Waals surface area contributed by atoms with Gasteiger partial charge in [-0.2, -0.15) is 0 Å². The van der Waals surface area contributed by atoms with Crippen molar-refractivity contribution in [2.24, 2.45) is 0 Å². The van der Waals surface area contributed by atoms with Crippen molar-refractivity contribution in [3.63, 3.8) is 0 Å². The summed E-state index contributed by atoms with van der Waals surface area (Å²) >= 11 is 0. The van der Waals surface area contributed by atoms with E-state index in [0.29, 0.717) is 22.7 Å². The molecule has 0 fully saturated rings. The first kappa shape index (κ1) is 16.6. The zero-order valence-corrected chi connectivity index (χ0v) is 13.6. The van der Waals surface area contributed by atoms with Crippen molar-refractivity contribution < 1.29 is 13.9 Å². The summed E-state index contributed by atoms with van der Waals surface area (Å²) in [5.74, 6) is 0.186. The smallest absolute Gasteiger partial charge is 0.251 e. The average molecular weight is 337 g/mol. The topological polar surface area (TPSA) is 64.1 Å². The minimum absolute atomic E-state index is 0.204. The van der Waals surface area contributed by atoms with Crippen LogP contribution in [0.4, 0.5) is 4.39 Å². The van der Waals surface area contributed by atoms with Gasteiger partial charge in [0.25, 0.3) is 5.91 Å². The van der Waals surface area contributed by atoms with Crippen LogP contribution in [0.15, 0.2) is 60.9 Å². The van der Waals surface area contributed by atoms with E-state index in [1.165, 1.54) is 18.5 Å². The Morgan fingerprint density at radius 2 is 1.80 bits per heavy atom. The number of aromatic nitrogens is 2.